The first kappa shape index (κ1) is 18.8. The van der Waals surface area contributed by atoms with E-state index in [1.807, 2.05) is 47.8 Å². The SMILES string of the molecule is Cn1nc(NC(=O)CSCc2ccccc2)c2c1NC(=O)C[C@H]2c1cccs1. The molecule has 28 heavy (non-hydrogen) atoms. The van der Waals surface area contributed by atoms with Gasteiger partial charge in [-0.05, 0) is 17.0 Å². The third-order valence-electron chi connectivity index (χ3n) is 4.57. The Morgan fingerprint density at radius 2 is 2.14 bits per heavy atom. The number of aryl methyl sites for hydroxylation is 1. The molecule has 1 aliphatic rings. The van der Waals surface area contributed by atoms with Gasteiger partial charge in [-0.25, -0.2) is 0 Å². The number of benzene rings is 1. The van der Waals surface area contributed by atoms with Crippen molar-refractivity contribution in [1.29, 1.82) is 0 Å². The van der Waals surface area contributed by atoms with Crippen molar-refractivity contribution in [2.75, 3.05) is 16.4 Å². The molecule has 2 amide bonds. The lowest BCUT2D eigenvalue weighted by atomic mass is 9.92. The number of fused-ring (bicyclic) bond motifs is 1. The number of carbonyl (C=O) groups excluding carboxylic acids is 2. The van der Waals surface area contributed by atoms with Gasteiger partial charge in [-0.3, -0.25) is 14.3 Å². The fraction of sp³-hybridized carbons (Fsp3) is 0.250. The normalized spacial score (nSPS) is 15.8. The van der Waals surface area contributed by atoms with Crippen LogP contribution in [0.5, 0.6) is 0 Å². The van der Waals surface area contributed by atoms with E-state index < -0.39 is 0 Å². The van der Waals surface area contributed by atoms with E-state index in [0.29, 0.717) is 23.8 Å². The second kappa shape index (κ2) is 8.20. The monoisotopic (exact) mass is 412 g/mol. The van der Waals surface area contributed by atoms with Crippen LogP contribution in [-0.2, 0) is 22.4 Å². The Bertz CT molecular complexity index is 983. The van der Waals surface area contributed by atoms with Crippen LogP contribution in [0.3, 0.4) is 0 Å². The van der Waals surface area contributed by atoms with Crippen molar-refractivity contribution in [1.82, 2.24) is 9.78 Å². The Kier molecular flexibility index (Phi) is 5.50. The smallest absolute Gasteiger partial charge is 0.235 e. The predicted octanol–water partition coefficient (Wildman–Crippen LogP) is 3.83. The highest BCUT2D eigenvalue weighted by molar-refractivity contribution is 7.99. The number of thiophene rings is 1. The molecular formula is C20H20N4O2S2. The summed E-state index contributed by atoms with van der Waals surface area (Å²) in [4.78, 5) is 25.7. The molecule has 0 saturated carbocycles. The van der Waals surface area contributed by atoms with Gasteiger partial charge in [0.1, 0.15) is 5.82 Å². The predicted molar refractivity (Wildman–Crippen MR) is 114 cm³/mol. The highest BCUT2D eigenvalue weighted by Crippen LogP contribution is 2.42. The maximum atomic E-state index is 12.5. The van der Waals surface area contributed by atoms with Crippen molar-refractivity contribution in [3.05, 3.63) is 63.8 Å². The zero-order valence-corrected chi connectivity index (χ0v) is 17.0. The van der Waals surface area contributed by atoms with Gasteiger partial charge in [-0.1, -0.05) is 36.4 Å². The molecule has 0 spiro atoms. The molecule has 2 N–H and O–H groups in total. The summed E-state index contributed by atoms with van der Waals surface area (Å²) in [6.07, 6.45) is 0.352. The van der Waals surface area contributed by atoms with Gasteiger partial charge in [0.15, 0.2) is 5.82 Å². The molecule has 4 rings (SSSR count). The molecule has 0 unspecified atom stereocenters. The number of anilines is 2. The summed E-state index contributed by atoms with van der Waals surface area (Å²) in [5.41, 5.74) is 2.07. The van der Waals surface area contributed by atoms with E-state index in [4.69, 9.17) is 0 Å². The maximum Gasteiger partial charge on any atom is 0.235 e. The van der Waals surface area contributed by atoms with Gasteiger partial charge in [0, 0.05) is 35.6 Å². The van der Waals surface area contributed by atoms with Crippen LogP contribution in [0, 0.1) is 0 Å². The van der Waals surface area contributed by atoms with Crippen LogP contribution in [0.4, 0.5) is 11.6 Å². The van der Waals surface area contributed by atoms with Crippen molar-refractivity contribution >= 4 is 46.5 Å². The van der Waals surface area contributed by atoms with E-state index in [1.54, 1.807) is 34.8 Å². The molecule has 2 aromatic heterocycles. The van der Waals surface area contributed by atoms with E-state index in [9.17, 15) is 9.59 Å². The largest absolute Gasteiger partial charge is 0.311 e. The molecule has 1 atom stereocenters. The fourth-order valence-electron chi connectivity index (χ4n) is 3.32. The number of hydrogen-bond donors (Lipinski definition) is 2. The lowest BCUT2D eigenvalue weighted by molar-refractivity contribution is -0.116. The number of nitrogens with one attached hydrogen (secondary N) is 2. The van der Waals surface area contributed by atoms with Crippen molar-refractivity contribution in [3.63, 3.8) is 0 Å². The summed E-state index contributed by atoms with van der Waals surface area (Å²) in [5.74, 6) is 2.08. The summed E-state index contributed by atoms with van der Waals surface area (Å²) >= 11 is 3.17. The Labute approximate surface area is 171 Å². The Balaban J connectivity index is 1.49. The van der Waals surface area contributed by atoms with Crippen LogP contribution in [0.2, 0.25) is 0 Å². The molecule has 0 radical (unpaired) electrons. The average Bonchev–Trinajstić information content (AvgIpc) is 3.31. The molecule has 144 valence electrons. The van der Waals surface area contributed by atoms with Crippen molar-refractivity contribution in [3.8, 4) is 0 Å². The number of rotatable bonds is 6. The second-order valence-electron chi connectivity index (χ2n) is 6.58. The van der Waals surface area contributed by atoms with Gasteiger partial charge >= 0.3 is 0 Å². The molecule has 6 nitrogen and oxygen atoms in total. The van der Waals surface area contributed by atoms with Crippen LogP contribution in [0.15, 0.2) is 47.8 Å². The zero-order valence-electron chi connectivity index (χ0n) is 15.3. The lowest BCUT2D eigenvalue weighted by Gasteiger charge is -2.23. The molecule has 1 aromatic carbocycles. The minimum absolute atomic E-state index is 0.0369. The lowest BCUT2D eigenvalue weighted by Crippen LogP contribution is -2.25. The van der Waals surface area contributed by atoms with Crippen molar-refractivity contribution in [2.24, 2.45) is 7.05 Å². The van der Waals surface area contributed by atoms with Crippen LogP contribution in [-0.4, -0.2) is 27.3 Å². The van der Waals surface area contributed by atoms with Gasteiger partial charge in [-0.2, -0.15) is 5.10 Å². The Morgan fingerprint density at radius 1 is 1.32 bits per heavy atom. The molecule has 3 aromatic rings. The molecule has 8 heteroatoms. The topological polar surface area (TPSA) is 76.0 Å². The second-order valence-corrected chi connectivity index (χ2v) is 8.55. The minimum atomic E-state index is -0.0938. The van der Waals surface area contributed by atoms with Crippen molar-refractivity contribution < 1.29 is 9.59 Å². The van der Waals surface area contributed by atoms with Gasteiger partial charge in [0.25, 0.3) is 0 Å². The molecule has 0 aliphatic carbocycles. The molecular weight excluding hydrogens is 392 g/mol. The van der Waals surface area contributed by atoms with E-state index in [-0.39, 0.29) is 17.7 Å². The molecule has 3 heterocycles. The molecule has 0 bridgehead atoms. The summed E-state index contributed by atoms with van der Waals surface area (Å²) in [7, 11) is 1.77. The summed E-state index contributed by atoms with van der Waals surface area (Å²) < 4.78 is 1.62. The number of aromatic nitrogens is 2. The van der Waals surface area contributed by atoms with E-state index in [0.717, 1.165) is 16.2 Å². The number of carbonyl (C=O) groups is 2. The quantitative estimate of drug-likeness (QED) is 0.645. The van der Waals surface area contributed by atoms with Gasteiger partial charge in [0.05, 0.1) is 5.75 Å². The van der Waals surface area contributed by atoms with Gasteiger partial charge < -0.3 is 10.6 Å². The highest BCUT2D eigenvalue weighted by atomic mass is 32.2. The van der Waals surface area contributed by atoms with E-state index >= 15 is 0 Å². The molecule has 0 saturated heterocycles. The van der Waals surface area contributed by atoms with E-state index in [2.05, 4.69) is 15.7 Å². The zero-order chi connectivity index (χ0) is 19.5. The minimum Gasteiger partial charge on any atom is -0.311 e. The third-order valence-corrected chi connectivity index (χ3v) is 6.56. The summed E-state index contributed by atoms with van der Waals surface area (Å²) in [5, 5.41) is 12.3. The average molecular weight is 413 g/mol. The number of thioether (sulfide) groups is 1. The first-order chi connectivity index (χ1) is 13.6. The van der Waals surface area contributed by atoms with E-state index in [1.165, 1.54) is 5.56 Å². The van der Waals surface area contributed by atoms with Crippen LogP contribution >= 0.6 is 23.1 Å². The van der Waals surface area contributed by atoms with Crippen molar-refractivity contribution in [2.45, 2.75) is 18.1 Å². The number of nitrogens with zero attached hydrogens (tertiary/aromatic N) is 2. The first-order valence-electron chi connectivity index (χ1n) is 8.93. The van der Waals surface area contributed by atoms with Gasteiger partial charge in [-0.15, -0.1) is 23.1 Å². The third kappa shape index (κ3) is 3.98. The first-order valence-corrected chi connectivity index (χ1v) is 11.0. The Hall–Kier alpha value is -2.58. The van der Waals surface area contributed by atoms with Crippen LogP contribution < -0.4 is 10.6 Å². The summed E-state index contributed by atoms with van der Waals surface area (Å²) in [6, 6.07) is 14.1. The van der Waals surface area contributed by atoms with Gasteiger partial charge in [0.2, 0.25) is 11.8 Å². The highest BCUT2D eigenvalue weighted by Gasteiger charge is 2.33. The Morgan fingerprint density at radius 3 is 2.89 bits per heavy atom. The fourth-order valence-corrected chi connectivity index (χ4v) is 4.94. The molecule has 0 fully saturated rings. The summed E-state index contributed by atoms with van der Waals surface area (Å²) in [6.45, 7) is 0. The maximum absolute atomic E-state index is 12.5. The molecule has 1 aliphatic heterocycles. The number of amides is 2. The number of hydrogen-bond acceptors (Lipinski definition) is 5. The van der Waals surface area contributed by atoms with Crippen LogP contribution in [0.1, 0.15) is 28.3 Å². The van der Waals surface area contributed by atoms with Crippen LogP contribution in [0.25, 0.3) is 0 Å². The standard InChI is InChI=1S/C20H20N4O2S2/c1-24-20-18(14(10-16(25)22-20)15-8-5-9-28-15)19(23-24)21-17(26)12-27-11-13-6-3-2-4-7-13/h2-9,14H,10-12H2,1H3,(H,22,25)(H,21,23,26)/t14-/m0/s1.